The smallest absolute Gasteiger partial charge is 0.228 e. The molecule has 20 heavy (non-hydrogen) atoms. The zero-order valence-corrected chi connectivity index (χ0v) is 14.2. The number of hydrogen-bond acceptors (Lipinski definition) is 4. The predicted octanol–water partition coefficient (Wildman–Crippen LogP) is 2.85. The minimum atomic E-state index is 0. The molecule has 0 bridgehead atoms. The van der Waals surface area contributed by atoms with E-state index in [0.29, 0.717) is 12.1 Å². The van der Waals surface area contributed by atoms with Crippen molar-refractivity contribution in [1.29, 1.82) is 0 Å². The second kappa shape index (κ2) is 7.16. The lowest BCUT2D eigenvalue weighted by Gasteiger charge is -2.32. The maximum atomic E-state index is 4.39. The molecular formula is C14H28ClN5. The third kappa shape index (κ3) is 3.37. The van der Waals surface area contributed by atoms with E-state index in [1.807, 2.05) is 0 Å². The Kier molecular flexibility index (Phi) is 6.11. The monoisotopic (exact) mass is 301 g/mol. The summed E-state index contributed by atoms with van der Waals surface area (Å²) in [7, 11) is 6.28. The van der Waals surface area contributed by atoms with Gasteiger partial charge < -0.3 is 9.80 Å². The highest BCUT2D eigenvalue weighted by molar-refractivity contribution is 5.85. The van der Waals surface area contributed by atoms with Crippen molar-refractivity contribution in [2.24, 2.45) is 7.05 Å². The molecule has 1 aromatic heterocycles. The third-order valence-electron chi connectivity index (χ3n) is 4.36. The van der Waals surface area contributed by atoms with E-state index in [4.69, 9.17) is 0 Å². The lowest BCUT2D eigenvalue weighted by Crippen LogP contribution is -2.35. The highest BCUT2D eigenvalue weighted by Crippen LogP contribution is 2.26. The highest BCUT2D eigenvalue weighted by atomic mass is 35.5. The van der Waals surface area contributed by atoms with Crippen molar-refractivity contribution in [3.8, 4) is 0 Å². The van der Waals surface area contributed by atoms with Crippen molar-refractivity contribution in [3.63, 3.8) is 0 Å². The minimum absolute atomic E-state index is 0. The van der Waals surface area contributed by atoms with Crippen LogP contribution in [0, 0.1) is 0 Å². The largest absolute Gasteiger partial charge is 0.342 e. The average molecular weight is 302 g/mol. The summed E-state index contributed by atoms with van der Waals surface area (Å²) < 4.78 is 2.11. The van der Waals surface area contributed by atoms with Crippen LogP contribution in [0.25, 0.3) is 0 Å². The number of anilines is 2. The van der Waals surface area contributed by atoms with Crippen LogP contribution in [0.3, 0.4) is 0 Å². The summed E-state index contributed by atoms with van der Waals surface area (Å²) in [5.74, 6) is 1.92. The van der Waals surface area contributed by atoms with Gasteiger partial charge in [-0.15, -0.1) is 22.6 Å². The molecule has 116 valence electrons. The average Bonchev–Trinajstić information content (AvgIpc) is 2.79. The van der Waals surface area contributed by atoms with Crippen molar-refractivity contribution in [2.45, 2.75) is 58.0 Å². The van der Waals surface area contributed by atoms with Gasteiger partial charge in [0.05, 0.1) is 0 Å². The van der Waals surface area contributed by atoms with Crippen LogP contribution in [0.5, 0.6) is 0 Å². The van der Waals surface area contributed by atoms with Gasteiger partial charge in [0.15, 0.2) is 0 Å². The Hall–Kier alpha value is -0.970. The number of halogens is 1. The maximum Gasteiger partial charge on any atom is 0.228 e. The van der Waals surface area contributed by atoms with E-state index in [1.54, 1.807) is 0 Å². The first-order chi connectivity index (χ1) is 9.02. The maximum absolute atomic E-state index is 4.39. The van der Waals surface area contributed by atoms with Gasteiger partial charge in [-0.25, -0.2) is 0 Å². The molecule has 0 unspecified atom stereocenters. The SMILES string of the molecule is CC(C)N(C)c1nnc(N(C)C2CCCCC2)n1C.Cl. The van der Waals surface area contributed by atoms with Gasteiger partial charge in [0, 0.05) is 33.2 Å². The topological polar surface area (TPSA) is 37.2 Å². The van der Waals surface area contributed by atoms with E-state index in [9.17, 15) is 0 Å². The van der Waals surface area contributed by atoms with Crippen LogP contribution in [0.2, 0.25) is 0 Å². The number of rotatable bonds is 4. The van der Waals surface area contributed by atoms with Crippen LogP contribution in [0.15, 0.2) is 0 Å². The summed E-state index contributed by atoms with van der Waals surface area (Å²) in [6.45, 7) is 4.33. The summed E-state index contributed by atoms with van der Waals surface area (Å²) >= 11 is 0. The first-order valence-electron chi connectivity index (χ1n) is 7.37. The summed E-state index contributed by atoms with van der Waals surface area (Å²) in [4.78, 5) is 4.47. The standard InChI is InChI=1S/C14H27N5.ClH/c1-11(2)17(3)13-15-16-14(19(13)5)18(4)12-9-7-6-8-10-12;/h11-12H,6-10H2,1-5H3;1H. The molecule has 0 aromatic carbocycles. The Labute approximate surface area is 128 Å². The van der Waals surface area contributed by atoms with Gasteiger partial charge in [0.25, 0.3) is 0 Å². The molecule has 0 spiro atoms. The van der Waals surface area contributed by atoms with Crippen LogP contribution in [0.1, 0.15) is 46.0 Å². The van der Waals surface area contributed by atoms with Crippen molar-refractivity contribution in [3.05, 3.63) is 0 Å². The Balaban J connectivity index is 0.00000200. The molecule has 1 heterocycles. The quantitative estimate of drug-likeness (QED) is 0.857. The van der Waals surface area contributed by atoms with Crippen LogP contribution >= 0.6 is 12.4 Å². The number of aromatic nitrogens is 3. The number of hydrogen-bond donors (Lipinski definition) is 0. The first-order valence-corrected chi connectivity index (χ1v) is 7.37. The fraction of sp³-hybridized carbons (Fsp3) is 0.857. The Morgan fingerprint density at radius 3 is 2.15 bits per heavy atom. The highest BCUT2D eigenvalue weighted by Gasteiger charge is 2.23. The molecule has 0 N–H and O–H groups in total. The Morgan fingerprint density at radius 2 is 1.60 bits per heavy atom. The first kappa shape index (κ1) is 17.1. The normalized spacial score (nSPS) is 16.1. The molecule has 0 amide bonds. The molecule has 2 rings (SSSR count). The Morgan fingerprint density at radius 1 is 1.05 bits per heavy atom. The van der Waals surface area contributed by atoms with Gasteiger partial charge in [0.1, 0.15) is 0 Å². The third-order valence-corrected chi connectivity index (χ3v) is 4.36. The van der Waals surface area contributed by atoms with E-state index >= 15 is 0 Å². The summed E-state index contributed by atoms with van der Waals surface area (Å²) in [6.07, 6.45) is 6.61. The molecule has 1 aliphatic rings. The molecule has 1 aliphatic carbocycles. The lowest BCUT2D eigenvalue weighted by atomic mass is 9.95. The van der Waals surface area contributed by atoms with Crippen molar-refractivity contribution in [2.75, 3.05) is 23.9 Å². The van der Waals surface area contributed by atoms with Crippen LogP contribution < -0.4 is 9.80 Å². The van der Waals surface area contributed by atoms with Gasteiger partial charge in [-0.1, -0.05) is 19.3 Å². The fourth-order valence-electron chi connectivity index (χ4n) is 2.79. The van der Waals surface area contributed by atoms with Gasteiger partial charge in [-0.05, 0) is 26.7 Å². The van der Waals surface area contributed by atoms with Crippen LogP contribution in [0.4, 0.5) is 11.9 Å². The van der Waals surface area contributed by atoms with E-state index in [2.05, 4.69) is 59.6 Å². The molecule has 6 heteroatoms. The molecular weight excluding hydrogens is 274 g/mol. The van der Waals surface area contributed by atoms with Gasteiger partial charge in [0.2, 0.25) is 11.9 Å². The van der Waals surface area contributed by atoms with Gasteiger partial charge in [-0.2, -0.15) is 0 Å². The minimum Gasteiger partial charge on any atom is -0.342 e. The van der Waals surface area contributed by atoms with Crippen molar-refractivity contribution >= 4 is 24.3 Å². The van der Waals surface area contributed by atoms with E-state index in [0.717, 1.165) is 11.9 Å². The number of nitrogens with zero attached hydrogens (tertiary/aromatic N) is 5. The summed E-state index contributed by atoms with van der Waals surface area (Å²) in [5.41, 5.74) is 0. The van der Waals surface area contributed by atoms with Crippen molar-refractivity contribution < 1.29 is 0 Å². The van der Waals surface area contributed by atoms with E-state index < -0.39 is 0 Å². The predicted molar refractivity (Wildman–Crippen MR) is 87.1 cm³/mol. The zero-order chi connectivity index (χ0) is 14.0. The molecule has 0 aliphatic heterocycles. The molecule has 0 atom stereocenters. The van der Waals surface area contributed by atoms with Gasteiger partial charge >= 0.3 is 0 Å². The fourth-order valence-corrected chi connectivity index (χ4v) is 2.79. The lowest BCUT2D eigenvalue weighted by molar-refractivity contribution is 0.422. The van der Waals surface area contributed by atoms with Crippen LogP contribution in [-0.4, -0.2) is 40.9 Å². The molecule has 0 radical (unpaired) electrons. The second-order valence-corrected chi connectivity index (χ2v) is 5.97. The second-order valence-electron chi connectivity index (χ2n) is 5.97. The Bertz CT molecular complexity index is 412. The summed E-state index contributed by atoms with van der Waals surface area (Å²) in [5, 5.41) is 8.74. The van der Waals surface area contributed by atoms with E-state index in [-0.39, 0.29) is 12.4 Å². The molecule has 1 aromatic rings. The molecule has 1 saturated carbocycles. The van der Waals surface area contributed by atoms with E-state index in [1.165, 1.54) is 32.1 Å². The van der Waals surface area contributed by atoms with Crippen molar-refractivity contribution in [1.82, 2.24) is 14.8 Å². The summed E-state index contributed by atoms with van der Waals surface area (Å²) in [6, 6.07) is 1.05. The molecule has 5 nitrogen and oxygen atoms in total. The molecule has 0 saturated heterocycles. The zero-order valence-electron chi connectivity index (χ0n) is 13.3. The van der Waals surface area contributed by atoms with Crippen LogP contribution in [-0.2, 0) is 7.05 Å². The van der Waals surface area contributed by atoms with Gasteiger partial charge in [-0.3, -0.25) is 4.57 Å². The molecule has 1 fully saturated rings.